The Morgan fingerprint density at radius 3 is 2.79 bits per heavy atom. The van der Waals surface area contributed by atoms with Crippen LogP contribution in [0.5, 0.6) is 0 Å². The quantitative estimate of drug-likeness (QED) is 0.728. The molecule has 2 N–H and O–H groups in total. The molecule has 1 aromatic heterocycles. The van der Waals surface area contributed by atoms with E-state index in [0.717, 1.165) is 18.8 Å². The van der Waals surface area contributed by atoms with Crippen LogP contribution in [-0.2, 0) is 6.42 Å². The lowest BCUT2D eigenvalue weighted by Gasteiger charge is -2.22. The average Bonchev–Trinajstić information content (AvgIpc) is 2.68. The van der Waals surface area contributed by atoms with Crippen LogP contribution in [0, 0.1) is 5.92 Å². The summed E-state index contributed by atoms with van der Waals surface area (Å²) in [5.74, 6) is 1.77. The largest absolute Gasteiger partial charge is 0.349 e. The first-order chi connectivity index (χ1) is 6.77. The van der Waals surface area contributed by atoms with E-state index in [1.165, 1.54) is 6.42 Å². The number of nitrogens with one attached hydrogen (secondary N) is 2. The molecule has 1 heterocycles. The molecule has 3 heteroatoms. The molecule has 0 fully saturated rings. The number of H-pyrrole nitrogens is 1. The van der Waals surface area contributed by atoms with Gasteiger partial charge in [-0.25, -0.2) is 4.98 Å². The molecule has 3 nitrogen and oxygen atoms in total. The third kappa shape index (κ3) is 3.14. The number of hydrogen-bond acceptors (Lipinski definition) is 2. The van der Waals surface area contributed by atoms with Crippen LogP contribution in [0.2, 0.25) is 0 Å². The van der Waals surface area contributed by atoms with Gasteiger partial charge in [0, 0.05) is 24.9 Å². The van der Waals surface area contributed by atoms with Gasteiger partial charge in [-0.3, -0.25) is 0 Å². The van der Waals surface area contributed by atoms with Gasteiger partial charge in [-0.05, 0) is 12.5 Å². The van der Waals surface area contributed by atoms with Gasteiger partial charge in [0.25, 0.3) is 0 Å². The highest BCUT2D eigenvalue weighted by Crippen LogP contribution is 2.11. The number of nitrogens with zero attached hydrogens (tertiary/aromatic N) is 1. The third-order valence-corrected chi connectivity index (χ3v) is 2.77. The summed E-state index contributed by atoms with van der Waals surface area (Å²) in [6.45, 7) is 7.70. The van der Waals surface area contributed by atoms with E-state index >= 15 is 0 Å². The van der Waals surface area contributed by atoms with Gasteiger partial charge in [0.15, 0.2) is 0 Å². The van der Waals surface area contributed by atoms with Crippen LogP contribution < -0.4 is 5.32 Å². The summed E-state index contributed by atoms with van der Waals surface area (Å²) >= 11 is 0. The molecule has 80 valence electrons. The second-order valence-corrected chi connectivity index (χ2v) is 3.79. The Bertz CT molecular complexity index is 231. The fourth-order valence-electron chi connectivity index (χ4n) is 1.64. The van der Waals surface area contributed by atoms with E-state index in [4.69, 9.17) is 0 Å². The lowest BCUT2D eigenvalue weighted by atomic mass is 9.96. The van der Waals surface area contributed by atoms with E-state index in [0.29, 0.717) is 12.0 Å². The molecule has 2 atom stereocenters. The van der Waals surface area contributed by atoms with E-state index in [-0.39, 0.29) is 0 Å². The van der Waals surface area contributed by atoms with Gasteiger partial charge in [0.05, 0.1) is 0 Å². The Kier molecular flexibility index (Phi) is 4.66. The zero-order chi connectivity index (χ0) is 10.4. The zero-order valence-corrected chi connectivity index (χ0v) is 9.38. The van der Waals surface area contributed by atoms with Crippen molar-refractivity contribution in [2.75, 3.05) is 6.54 Å². The molecule has 0 aliphatic rings. The molecule has 0 radical (unpaired) electrons. The number of rotatable bonds is 6. The number of imidazole rings is 1. The van der Waals surface area contributed by atoms with Crippen LogP contribution in [0.15, 0.2) is 12.4 Å². The molecule has 0 saturated carbocycles. The van der Waals surface area contributed by atoms with Crippen LogP contribution in [0.3, 0.4) is 0 Å². The maximum absolute atomic E-state index is 4.26. The molecule has 0 amide bonds. The topological polar surface area (TPSA) is 40.7 Å². The molecule has 0 aliphatic heterocycles. The fraction of sp³-hybridized carbons (Fsp3) is 0.727. The maximum atomic E-state index is 4.26. The zero-order valence-electron chi connectivity index (χ0n) is 9.38. The van der Waals surface area contributed by atoms with Crippen molar-refractivity contribution in [3.8, 4) is 0 Å². The van der Waals surface area contributed by atoms with Crippen molar-refractivity contribution in [2.45, 2.75) is 39.7 Å². The molecule has 2 unspecified atom stereocenters. The van der Waals surface area contributed by atoms with Crippen molar-refractivity contribution < 1.29 is 0 Å². The van der Waals surface area contributed by atoms with Gasteiger partial charge in [-0.1, -0.05) is 27.2 Å². The molecule has 14 heavy (non-hydrogen) atoms. The van der Waals surface area contributed by atoms with Gasteiger partial charge in [0.1, 0.15) is 5.82 Å². The Morgan fingerprint density at radius 1 is 1.50 bits per heavy atom. The SMILES string of the molecule is CCNC(Cc1ncc[nH]1)C(C)CC. The second-order valence-electron chi connectivity index (χ2n) is 3.79. The second kappa shape index (κ2) is 5.81. The first kappa shape index (κ1) is 11.2. The summed E-state index contributed by atoms with van der Waals surface area (Å²) in [5, 5.41) is 3.51. The van der Waals surface area contributed by atoms with Gasteiger partial charge < -0.3 is 10.3 Å². The Morgan fingerprint density at radius 2 is 2.29 bits per heavy atom. The van der Waals surface area contributed by atoms with Crippen molar-refractivity contribution in [3.05, 3.63) is 18.2 Å². The van der Waals surface area contributed by atoms with Crippen molar-refractivity contribution >= 4 is 0 Å². The van der Waals surface area contributed by atoms with Crippen LogP contribution in [-0.4, -0.2) is 22.6 Å². The molecule has 0 aromatic carbocycles. The predicted molar refractivity (Wildman–Crippen MR) is 59.2 cm³/mol. The van der Waals surface area contributed by atoms with Crippen molar-refractivity contribution in [1.29, 1.82) is 0 Å². The highest BCUT2D eigenvalue weighted by atomic mass is 14.9. The molecular weight excluding hydrogens is 174 g/mol. The standard InChI is InChI=1S/C11H21N3/c1-4-9(3)10(12-5-2)8-11-13-6-7-14-11/h6-7,9-10,12H,4-5,8H2,1-3H3,(H,13,14). The predicted octanol–water partition coefficient (Wildman–Crippen LogP) is 1.98. The van der Waals surface area contributed by atoms with Crippen LogP contribution in [0.1, 0.15) is 33.0 Å². The summed E-state index contributed by atoms with van der Waals surface area (Å²) in [6, 6.07) is 0.538. The minimum atomic E-state index is 0.538. The summed E-state index contributed by atoms with van der Waals surface area (Å²) < 4.78 is 0. The van der Waals surface area contributed by atoms with Gasteiger partial charge in [0.2, 0.25) is 0 Å². The fourth-order valence-corrected chi connectivity index (χ4v) is 1.64. The molecule has 1 rings (SSSR count). The summed E-state index contributed by atoms with van der Waals surface area (Å²) in [6.07, 6.45) is 5.90. The van der Waals surface area contributed by atoms with Crippen molar-refractivity contribution in [2.24, 2.45) is 5.92 Å². The normalized spacial score (nSPS) is 15.4. The maximum Gasteiger partial charge on any atom is 0.107 e. The smallest absolute Gasteiger partial charge is 0.107 e. The number of aromatic amines is 1. The summed E-state index contributed by atoms with van der Waals surface area (Å²) in [7, 11) is 0. The molecule has 0 spiro atoms. The molecule has 1 aromatic rings. The Hall–Kier alpha value is -0.830. The van der Waals surface area contributed by atoms with Gasteiger partial charge in [-0.15, -0.1) is 0 Å². The van der Waals surface area contributed by atoms with E-state index in [1.54, 1.807) is 0 Å². The lowest BCUT2D eigenvalue weighted by Crippen LogP contribution is -2.36. The highest BCUT2D eigenvalue weighted by molar-refractivity contribution is 4.92. The highest BCUT2D eigenvalue weighted by Gasteiger charge is 2.15. The van der Waals surface area contributed by atoms with E-state index in [9.17, 15) is 0 Å². The van der Waals surface area contributed by atoms with Gasteiger partial charge >= 0.3 is 0 Å². The monoisotopic (exact) mass is 195 g/mol. The molecule has 0 aliphatic carbocycles. The first-order valence-electron chi connectivity index (χ1n) is 5.49. The number of aromatic nitrogens is 2. The third-order valence-electron chi connectivity index (χ3n) is 2.77. The number of hydrogen-bond donors (Lipinski definition) is 2. The Labute approximate surface area is 86.3 Å². The van der Waals surface area contributed by atoms with Crippen LogP contribution in [0.4, 0.5) is 0 Å². The van der Waals surface area contributed by atoms with E-state index in [1.807, 2.05) is 12.4 Å². The van der Waals surface area contributed by atoms with Crippen molar-refractivity contribution in [3.63, 3.8) is 0 Å². The van der Waals surface area contributed by atoms with Gasteiger partial charge in [-0.2, -0.15) is 0 Å². The van der Waals surface area contributed by atoms with Crippen LogP contribution >= 0.6 is 0 Å². The summed E-state index contributed by atoms with van der Waals surface area (Å²) in [5.41, 5.74) is 0. The van der Waals surface area contributed by atoms with Crippen LogP contribution in [0.25, 0.3) is 0 Å². The molecule has 0 saturated heterocycles. The first-order valence-corrected chi connectivity index (χ1v) is 5.49. The van der Waals surface area contributed by atoms with Crippen molar-refractivity contribution in [1.82, 2.24) is 15.3 Å². The lowest BCUT2D eigenvalue weighted by molar-refractivity contribution is 0.366. The minimum absolute atomic E-state index is 0.538. The summed E-state index contributed by atoms with van der Waals surface area (Å²) in [4.78, 5) is 7.41. The Balaban J connectivity index is 2.50. The van der Waals surface area contributed by atoms with E-state index in [2.05, 4.69) is 36.1 Å². The molecular formula is C11H21N3. The average molecular weight is 195 g/mol. The minimum Gasteiger partial charge on any atom is -0.349 e. The number of likely N-dealkylation sites (N-methyl/N-ethyl adjacent to an activating group) is 1. The van der Waals surface area contributed by atoms with E-state index < -0.39 is 0 Å². The molecule has 0 bridgehead atoms.